The molecule has 120 valence electrons. The molecule has 0 amide bonds. The Morgan fingerprint density at radius 2 is 2.23 bits per heavy atom. The number of alkyl halides is 3. The Bertz CT molecular complexity index is 673. The van der Waals surface area contributed by atoms with Crippen LogP contribution in [-0.2, 0) is 17.5 Å². The molecule has 2 unspecified atom stereocenters. The van der Waals surface area contributed by atoms with Crippen LogP contribution >= 0.6 is 0 Å². The van der Waals surface area contributed by atoms with Crippen molar-refractivity contribution < 1.29 is 23.0 Å². The molecule has 1 aliphatic rings. The molecule has 1 aromatic carbocycles. The Morgan fingerprint density at radius 3 is 2.82 bits per heavy atom. The van der Waals surface area contributed by atoms with Gasteiger partial charge in [-0.05, 0) is 38.0 Å². The average Bonchev–Trinajstić information content (AvgIpc) is 3.04. The van der Waals surface area contributed by atoms with Gasteiger partial charge in [-0.25, -0.2) is 4.98 Å². The molecule has 2 atom stereocenters. The van der Waals surface area contributed by atoms with E-state index in [1.807, 2.05) is 0 Å². The maximum atomic E-state index is 12.8. The first kappa shape index (κ1) is 15.3. The number of nitrogens with zero attached hydrogens (tertiary/aromatic N) is 2. The molecule has 2 heterocycles. The smallest absolute Gasteiger partial charge is 0.392 e. The van der Waals surface area contributed by atoms with E-state index in [0.29, 0.717) is 17.9 Å². The number of rotatable bonds is 3. The van der Waals surface area contributed by atoms with Gasteiger partial charge in [-0.2, -0.15) is 13.2 Å². The van der Waals surface area contributed by atoms with E-state index in [1.54, 1.807) is 11.5 Å². The first-order valence-electron chi connectivity index (χ1n) is 7.23. The molecule has 2 aromatic rings. The summed E-state index contributed by atoms with van der Waals surface area (Å²) in [6.07, 6.45) is -3.56. The van der Waals surface area contributed by atoms with E-state index >= 15 is 0 Å². The molecule has 0 saturated carbocycles. The van der Waals surface area contributed by atoms with Crippen molar-refractivity contribution in [3.63, 3.8) is 0 Å². The van der Waals surface area contributed by atoms with Crippen molar-refractivity contribution in [2.75, 3.05) is 6.61 Å². The number of aromatic nitrogens is 2. The highest BCUT2D eigenvalue weighted by Crippen LogP contribution is 2.34. The molecule has 3 rings (SSSR count). The number of fused-ring (bicyclic) bond motifs is 1. The molecular weight excluding hydrogens is 297 g/mol. The summed E-state index contributed by atoms with van der Waals surface area (Å²) < 4.78 is 45.9. The molecule has 1 aliphatic heterocycles. The summed E-state index contributed by atoms with van der Waals surface area (Å²) in [5, 5.41) is 9.67. The van der Waals surface area contributed by atoms with E-state index < -0.39 is 17.8 Å². The second kappa shape index (κ2) is 5.55. The van der Waals surface area contributed by atoms with Crippen molar-refractivity contribution in [3.8, 4) is 0 Å². The molecule has 1 saturated heterocycles. The maximum absolute atomic E-state index is 12.8. The van der Waals surface area contributed by atoms with Crippen LogP contribution in [0.2, 0.25) is 0 Å². The summed E-state index contributed by atoms with van der Waals surface area (Å²) in [7, 11) is 0. The number of imidazole rings is 1. The van der Waals surface area contributed by atoms with Crippen LogP contribution < -0.4 is 0 Å². The minimum atomic E-state index is -4.40. The maximum Gasteiger partial charge on any atom is 0.416 e. The quantitative estimate of drug-likeness (QED) is 0.945. The molecular formula is C15H17F3N2O2. The zero-order valence-electron chi connectivity index (χ0n) is 12.1. The Balaban J connectivity index is 2.11. The SMILES string of the molecule is CC(O)Cn1c(C2CCCO2)nc2cc(C(F)(F)F)ccc21. The van der Waals surface area contributed by atoms with Gasteiger partial charge in [0.05, 0.1) is 29.2 Å². The van der Waals surface area contributed by atoms with Crippen LogP contribution in [0.5, 0.6) is 0 Å². The highest BCUT2D eigenvalue weighted by atomic mass is 19.4. The van der Waals surface area contributed by atoms with Crippen molar-refractivity contribution in [1.29, 1.82) is 0 Å². The van der Waals surface area contributed by atoms with Gasteiger partial charge in [0.1, 0.15) is 11.9 Å². The van der Waals surface area contributed by atoms with Gasteiger partial charge in [-0.1, -0.05) is 0 Å². The monoisotopic (exact) mass is 314 g/mol. The van der Waals surface area contributed by atoms with Gasteiger partial charge >= 0.3 is 6.18 Å². The second-order valence-corrected chi connectivity index (χ2v) is 5.63. The van der Waals surface area contributed by atoms with Gasteiger partial charge < -0.3 is 14.4 Å². The molecule has 1 aromatic heterocycles. The number of benzene rings is 1. The van der Waals surface area contributed by atoms with Gasteiger partial charge in [0, 0.05) is 6.61 Å². The second-order valence-electron chi connectivity index (χ2n) is 5.63. The van der Waals surface area contributed by atoms with Gasteiger partial charge in [-0.15, -0.1) is 0 Å². The molecule has 0 bridgehead atoms. The van der Waals surface area contributed by atoms with Crippen LogP contribution in [0, 0.1) is 0 Å². The minimum Gasteiger partial charge on any atom is -0.392 e. The first-order chi connectivity index (χ1) is 10.4. The topological polar surface area (TPSA) is 47.3 Å². The molecule has 0 spiro atoms. The number of halogens is 3. The lowest BCUT2D eigenvalue weighted by Crippen LogP contribution is -2.16. The van der Waals surface area contributed by atoms with E-state index in [0.717, 1.165) is 25.0 Å². The lowest BCUT2D eigenvalue weighted by atomic mass is 10.2. The van der Waals surface area contributed by atoms with E-state index in [9.17, 15) is 18.3 Å². The molecule has 1 fully saturated rings. The molecule has 22 heavy (non-hydrogen) atoms. The van der Waals surface area contributed by atoms with E-state index in [1.165, 1.54) is 6.07 Å². The predicted octanol–water partition coefficient (Wildman–Crippen LogP) is 3.29. The summed E-state index contributed by atoms with van der Waals surface area (Å²) in [5.41, 5.74) is 0.140. The third-order valence-electron chi connectivity index (χ3n) is 3.77. The minimum absolute atomic E-state index is 0.222. The Labute approximate surface area is 125 Å². The van der Waals surface area contributed by atoms with Gasteiger partial charge in [-0.3, -0.25) is 0 Å². The summed E-state index contributed by atoms with van der Waals surface area (Å²) in [6.45, 7) is 2.53. The molecule has 4 nitrogen and oxygen atoms in total. The van der Waals surface area contributed by atoms with Gasteiger partial charge in [0.25, 0.3) is 0 Å². The zero-order valence-corrected chi connectivity index (χ0v) is 12.1. The van der Waals surface area contributed by atoms with Crippen LogP contribution in [0.4, 0.5) is 13.2 Å². The highest BCUT2D eigenvalue weighted by Gasteiger charge is 2.32. The van der Waals surface area contributed by atoms with Crippen molar-refractivity contribution in [2.24, 2.45) is 0 Å². The number of ether oxygens (including phenoxy) is 1. The Kier molecular flexibility index (Phi) is 3.86. The fourth-order valence-corrected chi connectivity index (χ4v) is 2.81. The number of hydrogen-bond acceptors (Lipinski definition) is 3. The van der Waals surface area contributed by atoms with Crippen LogP contribution in [0.1, 0.15) is 37.3 Å². The Hall–Kier alpha value is -1.60. The predicted molar refractivity (Wildman–Crippen MR) is 74.3 cm³/mol. The lowest BCUT2D eigenvalue weighted by Gasteiger charge is -2.15. The lowest BCUT2D eigenvalue weighted by molar-refractivity contribution is -0.137. The van der Waals surface area contributed by atoms with E-state index in [-0.39, 0.29) is 18.2 Å². The van der Waals surface area contributed by atoms with Crippen LogP contribution in [-0.4, -0.2) is 27.4 Å². The van der Waals surface area contributed by atoms with Gasteiger partial charge in [0.2, 0.25) is 0 Å². The highest BCUT2D eigenvalue weighted by molar-refractivity contribution is 5.77. The summed E-state index contributed by atoms with van der Waals surface area (Å²) in [4.78, 5) is 4.35. The average molecular weight is 314 g/mol. The summed E-state index contributed by atoms with van der Waals surface area (Å²) >= 11 is 0. The standard InChI is InChI=1S/C15H17F3N2O2/c1-9(21)8-20-12-5-4-10(15(16,17)18)7-11(12)19-14(20)13-3-2-6-22-13/h4-5,7,9,13,21H,2-3,6,8H2,1H3. The van der Waals surface area contributed by atoms with Crippen LogP contribution in [0.15, 0.2) is 18.2 Å². The van der Waals surface area contributed by atoms with Gasteiger partial charge in [0.15, 0.2) is 0 Å². The summed E-state index contributed by atoms with van der Waals surface area (Å²) in [5.74, 6) is 0.590. The fourth-order valence-electron chi connectivity index (χ4n) is 2.81. The van der Waals surface area contributed by atoms with Crippen molar-refractivity contribution >= 4 is 11.0 Å². The van der Waals surface area contributed by atoms with E-state index in [2.05, 4.69) is 4.98 Å². The zero-order chi connectivity index (χ0) is 15.9. The molecule has 0 radical (unpaired) electrons. The van der Waals surface area contributed by atoms with Crippen molar-refractivity contribution in [3.05, 3.63) is 29.6 Å². The molecule has 1 N–H and O–H groups in total. The van der Waals surface area contributed by atoms with Crippen LogP contribution in [0.3, 0.4) is 0 Å². The number of hydrogen-bond donors (Lipinski definition) is 1. The molecule has 7 heteroatoms. The van der Waals surface area contributed by atoms with Crippen LogP contribution in [0.25, 0.3) is 11.0 Å². The molecule has 0 aliphatic carbocycles. The largest absolute Gasteiger partial charge is 0.416 e. The number of aliphatic hydroxyl groups excluding tert-OH is 1. The first-order valence-corrected chi connectivity index (χ1v) is 7.23. The fraction of sp³-hybridized carbons (Fsp3) is 0.533. The third kappa shape index (κ3) is 2.83. The number of aliphatic hydroxyl groups is 1. The Morgan fingerprint density at radius 1 is 1.45 bits per heavy atom. The van der Waals surface area contributed by atoms with Crippen molar-refractivity contribution in [1.82, 2.24) is 9.55 Å². The third-order valence-corrected chi connectivity index (χ3v) is 3.77. The summed E-state index contributed by atoms with van der Waals surface area (Å²) in [6, 6.07) is 3.50. The van der Waals surface area contributed by atoms with E-state index in [4.69, 9.17) is 4.74 Å². The normalized spacial score (nSPS) is 20.7. The van der Waals surface area contributed by atoms with Crippen molar-refractivity contribution in [2.45, 2.75) is 44.7 Å².